The Morgan fingerprint density at radius 3 is 2.44 bits per heavy atom. The number of ether oxygens (including phenoxy) is 1. The van der Waals surface area contributed by atoms with E-state index in [1.54, 1.807) is 0 Å². The highest BCUT2D eigenvalue weighted by molar-refractivity contribution is 4.64. The summed E-state index contributed by atoms with van der Waals surface area (Å²) in [7, 11) is 0. The third-order valence-corrected chi connectivity index (χ3v) is 3.85. The summed E-state index contributed by atoms with van der Waals surface area (Å²) in [4.78, 5) is 0. The predicted molar refractivity (Wildman–Crippen MR) is 79.0 cm³/mol. The molecule has 108 valence electrons. The van der Waals surface area contributed by atoms with Gasteiger partial charge in [-0.05, 0) is 38.1 Å². The Morgan fingerprint density at radius 1 is 1.00 bits per heavy atom. The molecule has 0 atom stereocenters. The van der Waals surface area contributed by atoms with E-state index in [1.165, 1.54) is 64.3 Å². The van der Waals surface area contributed by atoms with Crippen molar-refractivity contribution in [2.45, 2.75) is 77.7 Å². The average Bonchev–Trinajstić information content (AvgIpc) is 2.37. The van der Waals surface area contributed by atoms with E-state index < -0.39 is 0 Å². The minimum absolute atomic E-state index is 0.629. The van der Waals surface area contributed by atoms with Gasteiger partial charge in [0.05, 0.1) is 0 Å². The zero-order valence-electron chi connectivity index (χ0n) is 12.5. The number of hydrogen-bond acceptors (Lipinski definition) is 2. The van der Waals surface area contributed by atoms with E-state index in [0.717, 1.165) is 19.1 Å². The van der Waals surface area contributed by atoms with Crippen molar-refractivity contribution in [3.05, 3.63) is 0 Å². The zero-order valence-corrected chi connectivity index (χ0v) is 12.5. The van der Waals surface area contributed by atoms with Crippen LogP contribution in [0.5, 0.6) is 0 Å². The molecule has 2 nitrogen and oxygen atoms in total. The van der Waals surface area contributed by atoms with Crippen LogP contribution < -0.4 is 5.32 Å². The first-order valence-electron chi connectivity index (χ1n) is 8.10. The van der Waals surface area contributed by atoms with Crippen LogP contribution in [0.25, 0.3) is 0 Å². The SMILES string of the molecule is CC(C)NCCCCCCOCC1CCCCC1. The molecule has 0 radical (unpaired) electrons. The average molecular weight is 255 g/mol. The molecular weight excluding hydrogens is 222 g/mol. The highest BCUT2D eigenvalue weighted by Crippen LogP contribution is 2.23. The molecule has 1 aliphatic carbocycles. The minimum atomic E-state index is 0.629. The summed E-state index contributed by atoms with van der Waals surface area (Å²) >= 11 is 0. The van der Waals surface area contributed by atoms with Gasteiger partial charge in [0, 0.05) is 19.3 Å². The maximum atomic E-state index is 5.80. The Hall–Kier alpha value is -0.0800. The summed E-state index contributed by atoms with van der Waals surface area (Å²) in [6, 6.07) is 0.629. The molecule has 0 spiro atoms. The molecule has 0 unspecified atom stereocenters. The second-order valence-electron chi connectivity index (χ2n) is 6.10. The molecule has 0 aliphatic heterocycles. The highest BCUT2D eigenvalue weighted by Gasteiger charge is 2.12. The zero-order chi connectivity index (χ0) is 13.1. The number of nitrogens with one attached hydrogen (secondary N) is 1. The van der Waals surface area contributed by atoms with Gasteiger partial charge in [-0.1, -0.05) is 46.0 Å². The van der Waals surface area contributed by atoms with Crippen molar-refractivity contribution >= 4 is 0 Å². The lowest BCUT2D eigenvalue weighted by Gasteiger charge is -2.21. The lowest BCUT2D eigenvalue weighted by Crippen LogP contribution is -2.23. The van der Waals surface area contributed by atoms with Gasteiger partial charge in [0.1, 0.15) is 0 Å². The normalized spacial score (nSPS) is 17.5. The molecule has 1 N–H and O–H groups in total. The van der Waals surface area contributed by atoms with Gasteiger partial charge in [0.25, 0.3) is 0 Å². The summed E-state index contributed by atoms with van der Waals surface area (Å²) in [5.74, 6) is 0.869. The Morgan fingerprint density at radius 2 is 1.72 bits per heavy atom. The van der Waals surface area contributed by atoms with E-state index >= 15 is 0 Å². The largest absolute Gasteiger partial charge is 0.381 e. The number of hydrogen-bond donors (Lipinski definition) is 1. The molecule has 1 saturated carbocycles. The molecular formula is C16H33NO. The fraction of sp³-hybridized carbons (Fsp3) is 1.00. The molecule has 0 aromatic rings. The fourth-order valence-corrected chi connectivity index (χ4v) is 2.68. The number of rotatable bonds is 10. The van der Waals surface area contributed by atoms with Crippen LogP contribution in [-0.4, -0.2) is 25.8 Å². The lowest BCUT2D eigenvalue weighted by molar-refractivity contribution is 0.0824. The smallest absolute Gasteiger partial charge is 0.0494 e. The molecule has 0 saturated heterocycles. The molecule has 0 aromatic heterocycles. The lowest BCUT2D eigenvalue weighted by atomic mass is 9.90. The van der Waals surface area contributed by atoms with Crippen LogP contribution >= 0.6 is 0 Å². The molecule has 1 rings (SSSR count). The third-order valence-electron chi connectivity index (χ3n) is 3.85. The van der Waals surface area contributed by atoms with Crippen molar-refractivity contribution in [2.75, 3.05) is 19.8 Å². The Kier molecular flexibility index (Phi) is 9.59. The first kappa shape index (κ1) is 16.0. The molecule has 2 heteroatoms. The van der Waals surface area contributed by atoms with Crippen LogP contribution in [0.3, 0.4) is 0 Å². The topological polar surface area (TPSA) is 21.3 Å². The van der Waals surface area contributed by atoms with Gasteiger partial charge in [0.2, 0.25) is 0 Å². The molecule has 0 aromatic carbocycles. The van der Waals surface area contributed by atoms with Crippen LogP contribution in [-0.2, 0) is 4.74 Å². The van der Waals surface area contributed by atoms with Gasteiger partial charge in [0.15, 0.2) is 0 Å². The van der Waals surface area contributed by atoms with Crippen molar-refractivity contribution in [1.29, 1.82) is 0 Å². The molecule has 1 fully saturated rings. The fourth-order valence-electron chi connectivity index (χ4n) is 2.68. The standard InChI is InChI=1S/C16H33NO/c1-15(2)17-12-8-3-4-9-13-18-14-16-10-6-5-7-11-16/h15-17H,3-14H2,1-2H3. The van der Waals surface area contributed by atoms with Crippen LogP contribution in [0.2, 0.25) is 0 Å². The van der Waals surface area contributed by atoms with Crippen LogP contribution in [0.15, 0.2) is 0 Å². The summed E-state index contributed by atoms with van der Waals surface area (Å²) < 4.78 is 5.80. The Balaban J connectivity index is 1.75. The van der Waals surface area contributed by atoms with Crippen molar-refractivity contribution in [2.24, 2.45) is 5.92 Å². The van der Waals surface area contributed by atoms with E-state index in [9.17, 15) is 0 Å². The molecule has 0 amide bonds. The summed E-state index contributed by atoms with van der Waals surface area (Å²) in [5, 5.41) is 3.46. The summed E-state index contributed by atoms with van der Waals surface area (Å²) in [5.41, 5.74) is 0. The van der Waals surface area contributed by atoms with Crippen LogP contribution in [0.4, 0.5) is 0 Å². The highest BCUT2D eigenvalue weighted by atomic mass is 16.5. The summed E-state index contributed by atoms with van der Waals surface area (Å²) in [6.45, 7) is 7.59. The third kappa shape index (κ3) is 8.93. The van der Waals surface area contributed by atoms with Crippen molar-refractivity contribution < 1.29 is 4.74 Å². The summed E-state index contributed by atoms with van der Waals surface area (Å²) in [6.07, 6.45) is 12.3. The van der Waals surface area contributed by atoms with Crippen LogP contribution in [0, 0.1) is 5.92 Å². The van der Waals surface area contributed by atoms with Gasteiger partial charge in [-0.2, -0.15) is 0 Å². The molecule has 18 heavy (non-hydrogen) atoms. The molecule has 0 heterocycles. The van der Waals surface area contributed by atoms with E-state index in [4.69, 9.17) is 4.74 Å². The molecule has 1 aliphatic rings. The Labute approximate surface area is 114 Å². The van der Waals surface area contributed by atoms with Gasteiger partial charge in [-0.25, -0.2) is 0 Å². The Bertz CT molecular complexity index is 176. The van der Waals surface area contributed by atoms with Crippen molar-refractivity contribution in [1.82, 2.24) is 5.32 Å². The second kappa shape index (κ2) is 10.8. The number of unbranched alkanes of at least 4 members (excludes halogenated alkanes) is 3. The van der Waals surface area contributed by atoms with E-state index in [2.05, 4.69) is 19.2 Å². The minimum Gasteiger partial charge on any atom is -0.381 e. The van der Waals surface area contributed by atoms with Crippen molar-refractivity contribution in [3.63, 3.8) is 0 Å². The van der Waals surface area contributed by atoms with Crippen molar-refractivity contribution in [3.8, 4) is 0 Å². The van der Waals surface area contributed by atoms with Crippen LogP contribution in [0.1, 0.15) is 71.6 Å². The van der Waals surface area contributed by atoms with E-state index in [-0.39, 0.29) is 0 Å². The second-order valence-corrected chi connectivity index (χ2v) is 6.10. The predicted octanol–water partition coefficient (Wildman–Crippen LogP) is 4.14. The first-order valence-corrected chi connectivity index (χ1v) is 8.10. The van der Waals surface area contributed by atoms with E-state index in [1.807, 2.05) is 0 Å². The monoisotopic (exact) mass is 255 g/mol. The van der Waals surface area contributed by atoms with Gasteiger partial charge in [-0.3, -0.25) is 0 Å². The quantitative estimate of drug-likeness (QED) is 0.592. The maximum absolute atomic E-state index is 5.80. The first-order chi connectivity index (χ1) is 8.79. The van der Waals surface area contributed by atoms with Gasteiger partial charge in [-0.15, -0.1) is 0 Å². The molecule has 0 bridgehead atoms. The van der Waals surface area contributed by atoms with Gasteiger partial charge < -0.3 is 10.1 Å². The van der Waals surface area contributed by atoms with E-state index in [0.29, 0.717) is 6.04 Å². The maximum Gasteiger partial charge on any atom is 0.0494 e. The van der Waals surface area contributed by atoms with Gasteiger partial charge >= 0.3 is 0 Å².